The first-order valence-corrected chi connectivity index (χ1v) is 9.60. The summed E-state index contributed by atoms with van der Waals surface area (Å²) in [6, 6.07) is 23.2. The van der Waals surface area contributed by atoms with E-state index in [1.165, 1.54) is 6.08 Å². The second kappa shape index (κ2) is 9.71. The maximum atomic E-state index is 12.3. The van der Waals surface area contributed by atoms with Gasteiger partial charge in [-0.25, -0.2) is 4.79 Å². The van der Waals surface area contributed by atoms with E-state index in [4.69, 9.17) is 4.74 Å². The van der Waals surface area contributed by atoms with Crippen molar-refractivity contribution in [3.8, 4) is 5.75 Å². The van der Waals surface area contributed by atoms with Crippen LogP contribution < -0.4 is 10.1 Å². The molecule has 0 aromatic heterocycles. The van der Waals surface area contributed by atoms with E-state index in [0.29, 0.717) is 23.5 Å². The van der Waals surface area contributed by atoms with E-state index in [9.17, 15) is 14.7 Å². The van der Waals surface area contributed by atoms with Gasteiger partial charge in [0.25, 0.3) is 5.91 Å². The largest absolute Gasteiger partial charge is 0.488 e. The number of hydrogen-bond donors (Lipinski definition) is 2. The zero-order valence-corrected chi connectivity index (χ0v) is 16.9. The van der Waals surface area contributed by atoms with Crippen molar-refractivity contribution in [1.29, 1.82) is 0 Å². The number of carbonyl (C=O) groups excluding carboxylic acids is 1. The van der Waals surface area contributed by atoms with Crippen LogP contribution >= 0.6 is 15.9 Å². The molecule has 0 heterocycles. The molecule has 146 valence electrons. The van der Waals surface area contributed by atoms with Crippen molar-refractivity contribution in [3.63, 3.8) is 0 Å². The SMILES string of the molecule is O=C(O)C(=Cc1ccccc1OCc1ccccc1Br)NC(=O)c1ccccc1. The fraction of sp³-hybridized carbons (Fsp3) is 0.0435. The van der Waals surface area contributed by atoms with Crippen LogP contribution in [-0.2, 0) is 11.4 Å². The lowest BCUT2D eigenvalue weighted by Gasteiger charge is -2.12. The van der Waals surface area contributed by atoms with Crippen molar-refractivity contribution < 1.29 is 19.4 Å². The lowest BCUT2D eigenvalue weighted by molar-refractivity contribution is -0.132. The molecule has 0 spiro atoms. The van der Waals surface area contributed by atoms with Crippen molar-refractivity contribution in [3.05, 3.63) is 106 Å². The monoisotopic (exact) mass is 451 g/mol. The normalized spacial score (nSPS) is 11.0. The molecule has 0 aliphatic rings. The maximum absolute atomic E-state index is 12.3. The Hall–Kier alpha value is -3.38. The summed E-state index contributed by atoms with van der Waals surface area (Å²) in [4.78, 5) is 24.0. The second-order valence-corrected chi connectivity index (χ2v) is 6.96. The summed E-state index contributed by atoms with van der Waals surface area (Å²) in [6.45, 7) is 0.311. The third kappa shape index (κ3) is 5.56. The quantitative estimate of drug-likeness (QED) is 0.501. The molecular weight excluding hydrogens is 434 g/mol. The van der Waals surface area contributed by atoms with Crippen LogP contribution in [0.15, 0.2) is 89.0 Å². The maximum Gasteiger partial charge on any atom is 0.352 e. The van der Waals surface area contributed by atoms with E-state index in [2.05, 4.69) is 21.2 Å². The molecule has 0 fully saturated rings. The van der Waals surface area contributed by atoms with E-state index < -0.39 is 11.9 Å². The van der Waals surface area contributed by atoms with Gasteiger partial charge < -0.3 is 15.2 Å². The number of hydrogen-bond acceptors (Lipinski definition) is 3. The summed E-state index contributed by atoms with van der Waals surface area (Å²) in [5, 5.41) is 12.0. The Kier molecular flexibility index (Phi) is 6.81. The Bertz CT molecular complexity index is 1050. The molecule has 0 aliphatic heterocycles. The minimum atomic E-state index is -1.24. The molecule has 0 atom stereocenters. The molecule has 3 aromatic carbocycles. The highest BCUT2D eigenvalue weighted by atomic mass is 79.9. The summed E-state index contributed by atoms with van der Waals surface area (Å²) in [5.74, 6) is -1.23. The van der Waals surface area contributed by atoms with Gasteiger partial charge in [0.1, 0.15) is 18.1 Å². The third-order valence-electron chi connectivity index (χ3n) is 4.07. The van der Waals surface area contributed by atoms with Crippen molar-refractivity contribution in [2.24, 2.45) is 0 Å². The average molecular weight is 452 g/mol. The number of aliphatic carboxylic acids is 1. The van der Waals surface area contributed by atoms with Crippen molar-refractivity contribution in [1.82, 2.24) is 5.32 Å². The smallest absolute Gasteiger partial charge is 0.352 e. The first kappa shape index (κ1) is 20.4. The average Bonchev–Trinajstić information content (AvgIpc) is 2.74. The first-order chi connectivity index (χ1) is 14.0. The molecule has 29 heavy (non-hydrogen) atoms. The lowest BCUT2D eigenvalue weighted by atomic mass is 10.1. The fourth-order valence-electron chi connectivity index (χ4n) is 2.59. The van der Waals surface area contributed by atoms with Crippen LogP contribution in [0, 0.1) is 0 Å². The molecule has 6 heteroatoms. The van der Waals surface area contributed by atoms with E-state index in [-0.39, 0.29) is 5.70 Å². The Morgan fingerprint density at radius 2 is 1.59 bits per heavy atom. The summed E-state index contributed by atoms with van der Waals surface area (Å²) in [7, 11) is 0. The third-order valence-corrected chi connectivity index (χ3v) is 4.85. The molecule has 5 nitrogen and oxygen atoms in total. The molecule has 3 rings (SSSR count). The van der Waals surface area contributed by atoms with E-state index >= 15 is 0 Å². The number of carbonyl (C=O) groups is 2. The summed E-state index contributed by atoms with van der Waals surface area (Å²) in [6.07, 6.45) is 1.39. The molecule has 0 unspecified atom stereocenters. The van der Waals surface area contributed by atoms with Crippen LogP contribution in [0.1, 0.15) is 21.5 Å². The van der Waals surface area contributed by atoms with Gasteiger partial charge in [0, 0.05) is 21.2 Å². The van der Waals surface area contributed by atoms with Gasteiger partial charge >= 0.3 is 5.97 Å². The van der Waals surface area contributed by atoms with Crippen LogP contribution in [0.5, 0.6) is 5.75 Å². The zero-order valence-electron chi connectivity index (χ0n) is 15.3. The van der Waals surface area contributed by atoms with Gasteiger partial charge in [-0.2, -0.15) is 0 Å². The number of ether oxygens (including phenoxy) is 1. The topological polar surface area (TPSA) is 75.6 Å². The predicted octanol–water partition coefficient (Wildman–Crippen LogP) is 4.88. The van der Waals surface area contributed by atoms with E-state index in [1.807, 2.05) is 24.3 Å². The Labute approximate surface area is 176 Å². The van der Waals surface area contributed by atoms with Gasteiger partial charge in [0.15, 0.2) is 0 Å². The predicted molar refractivity (Wildman–Crippen MR) is 114 cm³/mol. The molecule has 0 bridgehead atoms. The highest BCUT2D eigenvalue weighted by molar-refractivity contribution is 9.10. The second-order valence-electron chi connectivity index (χ2n) is 6.10. The van der Waals surface area contributed by atoms with Crippen LogP contribution in [0.2, 0.25) is 0 Å². The lowest BCUT2D eigenvalue weighted by Crippen LogP contribution is -2.27. The molecule has 3 aromatic rings. The zero-order chi connectivity index (χ0) is 20.6. The fourth-order valence-corrected chi connectivity index (χ4v) is 2.99. The van der Waals surface area contributed by atoms with Crippen LogP contribution in [-0.4, -0.2) is 17.0 Å². The van der Waals surface area contributed by atoms with Gasteiger partial charge in [-0.1, -0.05) is 70.5 Å². The number of halogens is 1. The minimum absolute atomic E-state index is 0.240. The molecule has 2 N–H and O–H groups in total. The number of carboxylic acid groups (broad SMARTS) is 1. The first-order valence-electron chi connectivity index (χ1n) is 8.81. The van der Waals surface area contributed by atoms with Crippen LogP contribution in [0.4, 0.5) is 0 Å². The standard InChI is InChI=1S/C23H18BrNO4/c24-19-12-6-4-11-18(19)15-29-21-13-7-5-10-17(21)14-20(23(27)28)25-22(26)16-8-2-1-3-9-16/h1-14H,15H2,(H,25,26)(H,27,28). The van der Waals surface area contributed by atoms with Gasteiger partial charge in [-0.05, 0) is 30.3 Å². The Balaban J connectivity index is 1.82. The van der Waals surface area contributed by atoms with Crippen molar-refractivity contribution in [2.75, 3.05) is 0 Å². The van der Waals surface area contributed by atoms with Crippen LogP contribution in [0.3, 0.4) is 0 Å². The Morgan fingerprint density at radius 1 is 0.931 bits per heavy atom. The summed E-state index contributed by atoms with van der Waals surface area (Å²) < 4.78 is 6.82. The van der Waals surface area contributed by atoms with E-state index in [0.717, 1.165) is 10.0 Å². The highest BCUT2D eigenvalue weighted by Gasteiger charge is 2.14. The number of carboxylic acids is 1. The van der Waals surface area contributed by atoms with Crippen LogP contribution in [0.25, 0.3) is 6.08 Å². The van der Waals surface area contributed by atoms with E-state index in [1.54, 1.807) is 54.6 Å². The highest BCUT2D eigenvalue weighted by Crippen LogP contribution is 2.24. The molecule has 0 saturated heterocycles. The van der Waals surface area contributed by atoms with Gasteiger partial charge in [-0.15, -0.1) is 0 Å². The van der Waals surface area contributed by atoms with Crippen molar-refractivity contribution in [2.45, 2.75) is 6.61 Å². The van der Waals surface area contributed by atoms with Gasteiger partial charge in [-0.3, -0.25) is 4.79 Å². The number of para-hydroxylation sites is 1. The molecule has 1 amide bonds. The number of nitrogens with one attached hydrogen (secondary N) is 1. The molecule has 0 radical (unpaired) electrons. The Morgan fingerprint density at radius 3 is 2.31 bits per heavy atom. The summed E-state index contributed by atoms with van der Waals surface area (Å²) in [5.41, 5.74) is 1.64. The van der Waals surface area contributed by atoms with Gasteiger partial charge in [0.2, 0.25) is 0 Å². The minimum Gasteiger partial charge on any atom is -0.488 e. The van der Waals surface area contributed by atoms with Crippen molar-refractivity contribution >= 4 is 33.9 Å². The molecule has 0 aliphatic carbocycles. The van der Waals surface area contributed by atoms with Gasteiger partial charge in [0.05, 0.1) is 0 Å². The summed E-state index contributed by atoms with van der Waals surface area (Å²) >= 11 is 3.48. The molecule has 0 saturated carbocycles. The number of amides is 1. The number of benzene rings is 3. The number of rotatable bonds is 7. The molecular formula is C23H18BrNO4.